The van der Waals surface area contributed by atoms with Gasteiger partial charge in [-0.15, -0.1) is 0 Å². The second-order valence-electron chi connectivity index (χ2n) is 3.38. The van der Waals surface area contributed by atoms with Gasteiger partial charge in [-0.3, -0.25) is 4.79 Å². The summed E-state index contributed by atoms with van der Waals surface area (Å²) in [5.74, 6) is 0.0401. The Morgan fingerprint density at radius 1 is 1.47 bits per heavy atom. The smallest absolute Gasteiger partial charge is 0.152 e. The number of halogens is 1. The van der Waals surface area contributed by atoms with Crippen LogP contribution in [0.1, 0.15) is 12.5 Å². The Bertz CT molecular complexity index is 540. The zero-order chi connectivity index (χ0) is 10.8. The van der Waals surface area contributed by atoms with E-state index in [0.29, 0.717) is 5.02 Å². The van der Waals surface area contributed by atoms with Crippen LogP contribution < -0.4 is 0 Å². The zero-order valence-corrected chi connectivity index (χ0v) is 9.01. The van der Waals surface area contributed by atoms with Gasteiger partial charge in [0, 0.05) is 22.1 Å². The number of nitrogens with one attached hydrogen (secondary N) is 1. The molecule has 1 N–H and O–H groups in total. The monoisotopic (exact) mass is 219 g/mol. The highest BCUT2D eigenvalue weighted by molar-refractivity contribution is 6.31. The lowest BCUT2D eigenvalue weighted by atomic mass is 10.1. The maximum atomic E-state index is 10.8. The van der Waals surface area contributed by atoms with Crippen LogP contribution in [0.15, 0.2) is 30.5 Å². The van der Waals surface area contributed by atoms with Gasteiger partial charge in [0.15, 0.2) is 5.78 Å². The highest BCUT2D eigenvalue weighted by Gasteiger charge is 2.00. The maximum absolute atomic E-state index is 10.8. The molecule has 1 heterocycles. The standard InChI is InChI=1S/C12H10ClNO/c1-8(15)2-3-9-7-14-12-6-10(13)4-5-11(9)12/h2-7,14H,1H3/b3-2+. The Morgan fingerprint density at radius 2 is 2.27 bits per heavy atom. The van der Waals surface area contributed by atoms with Gasteiger partial charge in [-0.05, 0) is 36.8 Å². The number of aromatic amines is 1. The van der Waals surface area contributed by atoms with Gasteiger partial charge >= 0.3 is 0 Å². The zero-order valence-electron chi connectivity index (χ0n) is 8.25. The normalized spacial score (nSPS) is 11.3. The molecule has 0 saturated carbocycles. The van der Waals surface area contributed by atoms with E-state index in [9.17, 15) is 4.79 Å². The number of carbonyl (C=O) groups is 1. The molecule has 0 unspecified atom stereocenters. The van der Waals surface area contributed by atoms with Crippen molar-refractivity contribution in [2.24, 2.45) is 0 Å². The Hall–Kier alpha value is -1.54. The van der Waals surface area contributed by atoms with Crippen LogP contribution in [0.3, 0.4) is 0 Å². The number of carbonyl (C=O) groups excluding carboxylic acids is 1. The summed E-state index contributed by atoms with van der Waals surface area (Å²) in [6.07, 6.45) is 5.22. The van der Waals surface area contributed by atoms with Crippen LogP contribution in [0.4, 0.5) is 0 Å². The third-order valence-corrected chi connectivity index (χ3v) is 2.41. The van der Waals surface area contributed by atoms with Gasteiger partial charge in [-0.1, -0.05) is 17.7 Å². The predicted molar refractivity (Wildman–Crippen MR) is 63.0 cm³/mol. The van der Waals surface area contributed by atoms with E-state index in [1.165, 1.54) is 6.92 Å². The fourth-order valence-corrected chi connectivity index (χ4v) is 1.64. The Kier molecular flexibility index (Phi) is 2.60. The third-order valence-electron chi connectivity index (χ3n) is 2.17. The van der Waals surface area contributed by atoms with Crippen molar-refractivity contribution in [3.8, 4) is 0 Å². The average Bonchev–Trinajstić information content (AvgIpc) is 2.57. The molecule has 76 valence electrons. The van der Waals surface area contributed by atoms with Crippen LogP contribution in [0, 0.1) is 0 Å². The molecule has 0 spiro atoms. The number of allylic oxidation sites excluding steroid dienone is 1. The lowest BCUT2D eigenvalue weighted by molar-refractivity contribution is -0.112. The summed E-state index contributed by atoms with van der Waals surface area (Å²) in [6, 6.07) is 5.64. The fraction of sp³-hybridized carbons (Fsp3) is 0.0833. The first-order valence-electron chi connectivity index (χ1n) is 4.62. The van der Waals surface area contributed by atoms with E-state index < -0.39 is 0 Å². The number of rotatable bonds is 2. The van der Waals surface area contributed by atoms with Crippen molar-refractivity contribution in [2.75, 3.05) is 0 Å². The van der Waals surface area contributed by atoms with Gasteiger partial charge in [0.05, 0.1) is 0 Å². The van der Waals surface area contributed by atoms with Crippen LogP contribution in [0.25, 0.3) is 17.0 Å². The summed E-state index contributed by atoms with van der Waals surface area (Å²) in [4.78, 5) is 13.9. The van der Waals surface area contributed by atoms with E-state index in [-0.39, 0.29) is 5.78 Å². The van der Waals surface area contributed by atoms with Crippen LogP contribution in [-0.2, 0) is 4.79 Å². The van der Waals surface area contributed by atoms with E-state index in [4.69, 9.17) is 11.6 Å². The Balaban J connectivity index is 2.50. The largest absolute Gasteiger partial charge is 0.361 e. The molecule has 0 bridgehead atoms. The summed E-state index contributed by atoms with van der Waals surface area (Å²) >= 11 is 5.86. The van der Waals surface area contributed by atoms with Gasteiger partial charge in [0.25, 0.3) is 0 Å². The molecular formula is C12H10ClNO. The molecule has 0 aliphatic heterocycles. The topological polar surface area (TPSA) is 32.9 Å². The van der Waals surface area contributed by atoms with Crippen LogP contribution in [0.5, 0.6) is 0 Å². The van der Waals surface area contributed by atoms with E-state index >= 15 is 0 Å². The van der Waals surface area contributed by atoms with E-state index in [2.05, 4.69) is 4.98 Å². The molecule has 0 aliphatic rings. The molecule has 0 atom stereocenters. The molecule has 0 amide bonds. The molecule has 2 nitrogen and oxygen atoms in total. The van der Waals surface area contributed by atoms with Crippen molar-refractivity contribution >= 4 is 34.4 Å². The minimum absolute atomic E-state index is 0.0401. The highest BCUT2D eigenvalue weighted by atomic mass is 35.5. The number of H-pyrrole nitrogens is 1. The molecular weight excluding hydrogens is 210 g/mol. The second-order valence-corrected chi connectivity index (χ2v) is 3.81. The van der Waals surface area contributed by atoms with Crippen LogP contribution in [0.2, 0.25) is 5.02 Å². The number of aromatic nitrogens is 1. The SMILES string of the molecule is CC(=O)/C=C/c1c[nH]c2cc(Cl)ccc12. The number of hydrogen-bond acceptors (Lipinski definition) is 1. The van der Waals surface area contributed by atoms with E-state index in [0.717, 1.165) is 16.5 Å². The fourth-order valence-electron chi connectivity index (χ4n) is 1.47. The second kappa shape index (κ2) is 3.91. The number of fused-ring (bicyclic) bond motifs is 1. The van der Waals surface area contributed by atoms with Crippen LogP contribution >= 0.6 is 11.6 Å². The first-order valence-corrected chi connectivity index (χ1v) is 5.00. The van der Waals surface area contributed by atoms with Gasteiger partial charge in [0.2, 0.25) is 0 Å². The highest BCUT2D eigenvalue weighted by Crippen LogP contribution is 2.22. The molecule has 2 rings (SSSR count). The van der Waals surface area contributed by atoms with Crippen molar-refractivity contribution in [3.63, 3.8) is 0 Å². The van der Waals surface area contributed by atoms with Gasteiger partial charge < -0.3 is 4.98 Å². The van der Waals surface area contributed by atoms with Crippen molar-refractivity contribution in [2.45, 2.75) is 6.92 Å². The summed E-state index contributed by atoms with van der Waals surface area (Å²) in [7, 11) is 0. The quantitative estimate of drug-likeness (QED) is 0.772. The average molecular weight is 220 g/mol. The van der Waals surface area contributed by atoms with Gasteiger partial charge in [-0.25, -0.2) is 0 Å². The van der Waals surface area contributed by atoms with Crippen molar-refractivity contribution in [3.05, 3.63) is 41.1 Å². The molecule has 0 saturated heterocycles. The molecule has 0 radical (unpaired) electrons. The minimum atomic E-state index is 0.0401. The Morgan fingerprint density at radius 3 is 3.00 bits per heavy atom. The molecule has 15 heavy (non-hydrogen) atoms. The molecule has 1 aromatic heterocycles. The summed E-state index contributed by atoms with van der Waals surface area (Å²) in [5.41, 5.74) is 1.97. The number of hydrogen-bond donors (Lipinski definition) is 1. The van der Waals surface area contributed by atoms with Gasteiger partial charge in [-0.2, -0.15) is 0 Å². The molecule has 3 heteroatoms. The molecule has 0 aliphatic carbocycles. The lowest BCUT2D eigenvalue weighted by Crippen LogP contribution is -1.79. The van der Waals surface area contributed by atoms with Crippen molar-refractivity contribution in [1.82, 2.24) is 4.98 Å². The lowest BCUT2D eigenvalue weighted by Gasteiger charge is -1.92. The Labute approximate surface area is 92.6 Å². The maximum Gasteiger partial charge on any atom is 0.152 e. The first-order chi connectivity index (χ1) is 7.16. The molecule has 1 aromatic carbocycles. The third kappa shape index (κ3) is 2.10. The van der Waals surface area contributed by atoms with Crippen molar-refractivity contribution in [1.29, 1.82) is 0 Å². The predicted octanol–water partition coefficient (Wildman–Crippen LogP) is 3.42. The van der Waals surface area contributed by atoms with Crippen molar-refractivity contribution < 1.29 is 4.79 Å². The molecule has 0 fully saturated rings. The van der Waals surface area contributed by atoms with E-state index in [1.807, 2.05) is 24.4 Å². The summed E-state index contributed by atoms with van der Waals surface area (Å²) in [5, 5.41) is 1.77. The minimum Gasteiger partial charge on any atom is -0.361 e. The van der Waals surface area contributed by atoms with Crippen LogP contribution in [-0.4, -0.2) is 10.8 Å². The number of ketones is 1. The summed E-state index contributed by atoms with van der Waals surface area (Å²) < 4.78 is 0. The summed E-state index contributed by atoms with van der Waals surface area (Å²) in [6.45, 7) is 1.53. The molecule has 2 aromatic rings. The number of benzene rings is 1. The van der Waals surface area contributed by atoms with Gasteiger partial charge in [0.1, 0.15) is 0 Å². The first kappa shape index (κ1) is 9.99. The van der Waals surface area contributed by atoms with E-state index in [1.54, 1.807) is 12.2 Å².